The summed E-state index contributed by atoms with van der Waals surface area (Å²) < 4.78 is 4.91. The van der Waals surface area contributed by atoms with Gasteiger partial charge in [-0.3, -0.25) is 0 Å². The van der Waals surface area contributed by atoms with Crippen LogP contribution in [0.25, 0.3) is 0 Å². The van der Waals surface area contributed by atoms with Crippen molar-refractivity contribution in [3.8, 4) is 0 Å². The molecule has 0 spiro atoms. The zero-order valence-corrected chi connectivity index (χ0v) is 8.08. The van der Waals surface area contributed by atoms with Gasteiger partial charge >= 0.3 is 0 Å². The van der Waals surface area contributed by atoms with Crippen molar-refractivity contribution in [1.29, 1.82) is 0 Å². The van der Waals surface area contributed by atoms with E-state index >= 15 is 0 Å². The molecule has 0 saturated carbocycles. The summed E-state index contributed by atoms with van der Waals surface area (Å²) in [6.07, 6.45) is 1.77. The van der Waals surface area contributed by atoms with Gasteiger partial charge in [-0.25, -0.2) is 9.97 Å². The van der Waals surface area contributed by atoms with Gasteiger partial charge in [0.2, 0.25) is 0 Å². The van der Waals surface area contributed by atoms with Crippen LogP contribution in [0.1, 0.15) is 11.5 Å². The highest BCUT2D eigenvalue weighted by molar-refractivity contribution is 5.00. The summed E-state index contributed by atoms with van der Waals surface area (Å²) in [5, 5.41) is 3.21. The molecular formula is C9H15N3O. The van der Waals surface area contributed by atoms with Gasteiger partial charge in [-0.05, 0) is 13.0 Å². The van der Waals surface area contributed by atoms with Crippen LogP contribution in [0.5, 0.6) is 0 Å². The van der Waals surface area contributed by atoms with Crippen LogP contribution >= 0.6 is 0 Å². The average Bonchev–Trinajstić information content (AvgIpc) is 2.13. The fourth-order valence-electron chi connectivity index (χ4n) is 0.994. The van der Waals surface area contributed by atoms with Crippen molar-refractivity contribution in [2.45, 2.75) is 13.5 Å². The normalized spacial score (nSPS) is 10.3. The molecule has 0 fully saturated rings. The van der Waals surface area contributed by atoms with E-state index in [0.29, 0.717) is 0 Å². The highest BCUT2D eigenvalue weighted by Gasteiger charge is 1.94. The molecule has 0 amide bonds. The molecule has 0 atom stereocenters. The summed E-state index contributed by atoms with van der Waals surface area (Å²) in [6, 6.07) is 1.91. The van der Waals surface area contributed by atoms with Crippen LogP contribution in [0, 0.1) is 6.92 Å². The summed E-state index contributed by atoms with van der Waals surface area (Å²) in [7, 11) is 1.69. The van der Waals surface area contributed by atoms with Crippen LogP contribution in [0.15, 0.2) is 12.3 Å². The molecule has 1 aromatic rings. The zero-order valence-electron chi connectivity index (χ0n) is 8.08. The monoisotopic (exact) mass is 181 g/mol. The van der Waals surface area contributed by atoms with Gasteiger partial charge < -0.3 is 10.1 Å². The first-order valence-electron chi connectivity index (χ1n) is 4.31. The van der Waals surface area contributed by atoms with E-state index in [4.69, 9.17) is 4.74 Å². The second-order valence-corrected chi connectivity index (χ2v) is 2.76. The van der Waals surface area contributed by atoms with Crippen molar-refractivity contribution >= 4 is 0 Å². The zero-order chi connectivity index (χ0) is 9.52. The fraction of sp³-hybridized carbons (Fsp3) is 0.556. The number of aromatic nitrogens is 2. The number of nitrogens with one attached hydrogen (secondary N) is 1. The number of methoxy groups -OCH3 is 1. The Morgan fingerprint density at radius 2 is 2.38 bits per heavy atom. The van der Waals surface area contributed by atoms with Crippen LogP contribution in [-0.2, 0) is 11.3 Å². The molecule has 0 aliphatic carbocycles. The maximum absolute atomic E-state index is 4.91. The van der Waals surface area contributed by atoms with Crippen molar-refractivity contribution in [3.63, 3.8) is 0 Å². The topological polar surface area (TPSA) is 47.0 Å². The minimum absolute atomic E-state index is 0.726. The molecule has 4 nitrogen and oxygen atoms in total. The maximum Gasteiger partial charge on any atom is 0.125 e. The summed E-state index contributed by atoms with van der Waals surface area (Å²) in [4.78, 5) is 8.28. The number of ether oxygens (including phenoxy) is 1. The van der Waals surface area contributed by atoms with Crippen molar-refractivity contribution in [3.05, 3.63) is 23.8 Å². The largest absolute Gasteiger partial charge is 0.383 e. The molecule has 1 aromatic heterocycles. The molecule has 1 heterocycles. The van der Waals surface area contributed by atoms with Gasteiger partial charge in [0.25, 0.3) is 0 Å². The van der Waals surface area contributed by atoms with E-state index in [1.165, 1.54) is 0 Å². The van der Waals surface area contributed by atoms with E-state index in [2.05, 4.69) is 15.3 Å². The number of rotatable bonds is 5. The van der Waals surface area contributed by atoms with E-state index in [9.17, 15) is 0 Å². The molecule has 0 radical (unpaired) electrons. The molecule has 13 heavy (non-hydrogen) atoms. The molecule has 0 aliphatic heterocycles. The molecule has 0 unspecified atom stereocenters. The molecule has 0 aliphatic rings. The van der Waals surface area contributed by atoms with E-state index in [1.807, 2.05) is 13.0 Å². The van der Waals surface area contributed by atoms with Crippen LogP contribution in [-0.4, -0.2) is 30.2 Å². The van der Waals surface area contributed by atoms with Crippen molar-refractivity contribution in [2.24, 2.45) is 0 Å². The van der Waals surface area contributed by atoms with Gasteiger partial charge in [0, 0.05) is 26.4 Å². The smallest absolute Gasteiger partial charge is 0.125 e. The number of aryl methyl sites for hydroxylation is 1. The second kappa shape index (κ2) is 5.61. The first kappa shape index (κ1) is 10.1. The highest BCUT2D eigenvalue weighted by Crippen LogP contribution is 1.93. The third-order valence-corrected chi connectivity index (χ3v) is 1.62. The molecular weight excluding hydrogens is 166 g/mol. The van der Waals surface area contributed by atoms with Crippen LogP contribution in [0.4, 0.5) is 0 Å². The minimum atomic E-state index is 0.726. The van der Waals surface area contributed by atoms with Crippen molar-refractivity contribution < 1.29 is 4.74 Å². The van der Waals surface area contributed by atoms with Gasteiger partial charge in [0.05, 0.1) is 12.3 Å². The van der Waals surface area contributed by atoms with Crippen LogP contribution in [0.3, 0.4) is 0 Å². The Kier molecular flexibility index (Phi) is 4.35. The number of nitrogens with zero attached hydrogens (tertiary/aromatic N) is 2. The molecule has 1 N–H and O–H groups in total. The van der Waals surface area contributed by atoms with E-state index < -0.39 is 0 Å². The number of hydrogen-bond acceptors (Lipinski definition) is 4. The predicted molar refractivity (Wildman–Crippen MR) is 50.4 cm³/mol. The Hall–Kier alpha value is -1.00. The number of hydrogen-bond donors (Lipinski definition) is 1. The third kappa shape index (κ3) is 3.96. The van der Waals surface area contributed by atoms with Gasteiger partial charge in [-0.1, -0.05) is 0 Å². The predicted octanol–water partition coefficient (Wildman–Crippen LogP) is 0.521. The van der Waals surface area contributed by atoms with Gasteiger partial charge in [-0.2, -0.15) is 0 Å². The van der Waals surface area contributed by atoms with Crippen LogP contribution < -0.4 is 5.32 Å². The molecule has 1 rings (SSSR count). The van der Waals surface area contributed by atoms with Gasteiger partial charge in [0.1, 0.15) is 5.82 Å². The molecule has 4 heteroatoms. The van der Waals surface area contributed by atoms with E-state index in [1.54, 1.807) is 13.3 Å². The molecule has 0 bridgehead atoms. The second-order valence-electron chi connectivity index (χ2n) is 2.76. The lowest BCUT2D eigenvalue weighted by atomic mass is 10.4. The summed E-state index contributed by atoms with van der Waals surface area (Å²) >= 11 is 0. The Morgan fingerprint density at radius 1 is 1.54 bits per heavy atom. The van der Waals surface area contributed by atoms with Gasteiger partial charge in [-0.15, -0.1) is 0 Å². The Morgan fingerprint density at radius 3 is 3.08 bits per heavy atom. The minimum Gasteiger partial charge on any atom is -0.383 e. The van der Waals surface area contributed by atoms with Gasteiger partial charge in [0.15, 0.2) is 0 Å². The Bertz CT molecular complexity index is 252. The molecule has 72 valence electrons. The van der Waals surface area contributed by atoms with Crippen molar-refractivity contribution in [1.82, 2.24) is 15.3 Å². The van der Waals surface area contributed by atoms with E-state index in [0.717, 1.165) is 31.2 Å². The Labute approximate surface area is 78.4 Å². The van der Waals surface area contributed by atoms with E-state index in [-0.39, 0.29) is 0 Å². The third-order valence-electron chi connectivity index (χ3n) is 1.62. The summed E-state index contributed by atoms with van der Waals surface area (Å²) in [6.45, 7) is 4.23. The summed E-state index contributed by atoms with van der Waals surface area (Å²) in [5.41, 5.74) is 1.02. The standard InChI is InChI=1S/C9H15N3O/c1-8-11-4-3-9(12-8)7-10-5-6-13-2/h3-4,10H,5-7H2,1-2H3. The maximum atomic E-state index is 4.91. The molecule has 0 saturated heterocycles. The average molecular weight is 181 g/mol. The quantitative estimate of drug-likeness (QED) is 0.673. The van der Waals surface area contributed by atoms with Crippen molar-refractivity contribution in [2.75, 3.05) is 20.3 Å². The van der Waals surface area contributed by atoms with Crippen LogP contribution in [0.2, 0.25) is 0 Å². The first-order chi connectivity index (χ1) is 6.33. The first-order valence-corrected chi connectivity index (χ1v) is 4.31. The lowest BCUT2D eigenvalue weighted by Gasteiger charge is -2.03. The molecule has 0 aromatic carbocycles. The Balaban J connectivity index is 2.28. The lowest BCUT2D eigenvalue weighted by Crippen LogP contribution is -2.19. The SMILES string of the molecule is COCCNCc1ccnc(C)n1. The summed E-state index contributed by atoms with van der Waals surface area (Å²) in [5.74, 6) is 0.811. The lowest BCUT2D eigenvalue weighted by molar-refractivity contribution is 0.199. The fourth-order valence-corrected chi connectivity index (χ4v) is 0.994. The highest BCUT2D eigenvalue weighted by atomic mass is 16.5.